The number of morpholine rings is 1. The third kappa shape index (κ3) is 3.67. The molecule has 3 heterocycles. The van der Waals surface area contributed by atoms with Gasteiger partial charge in [0.25, 0.3) is 5.91 Å². The van der Waals surface area contributed by atoms with E-state index < -0.39 is 0 Å². The molecule has 1 N–H and O–H groups in total. The molecule has 1 fully saturated rings. The molecule has 3 aromatic rings. The number of hydrogen-bond donors (Lipinski definition) is 1. The van der Waals surface area contributed by atoms with E-state index in [1.165, 1.54) is 0 Å². The van der Waals surface area contributed by atoms with E-state index in [0.717, 1.165) is 44.1 Å². The number of rotatable bonds is 4. The highest BCUT2D eigenvalue weighted by Crippen LogP contribution is 2.15. The Morgan fingerprint density at radius 2 is 2.08 bits per heavy atom. The summed E-state index contributed by atoms with van der Waals surface area (Å²) in [5.74, 6) is -0.242. The number of carbonyl (C=O) groups excluding carboxylic acids is 1. The summed E-state index contributed by atoms with van der Waals surface area (Å²) in [6.07, 6.45) is 3.44. The number of anilines is 1. The van der Waals surface area contributed by atoms with Crippen molar-refractivity contribution in [3.63, 3.8) is 0 Å². The second-order valence-electron chi connectivity index (χ2n) is 6.00. The summed E-state index contributed by atoms with van der Waals surface area (Å²) >= 11 is 0. The van der Waals surface area contributed by atoms with E-state index in [1.807, 2.05) is 18.2 Å². The van der Waals surface area contributed by atoms with Crippen LogP contribution in [0.3, 0.4) is 0 Å². The van der Waals surface area contributed by atoms with Crippen molar-refractivity contribution >= 4 is 17.2 Å². The SMILES string of the molecule is O=C(Nc1cccc(CN2CCOCC2)c1)c1cc2ncccn2n1. The molecule has 0 bridgehead atoms. The second kappa shape index (κ2) is 7.00. The molecule has 4 rings (SSSR count). The van der Waals surface area contributed by atoms with Gasteiger partial charge in [0.05, 0.1) is 13.2 Å². The largest absolute Gasteiger partial charge is 0.379 e. The molecule has 128 valence electrons. The minimum absolute atomic E-state index is 0.242. The molecule has 2 aromatic heterocycles. The highest BCUT2D eigenvalue weighted by molar-refractivity contribution is 6.03. The molecule has 0 unspecified atom stereocenters. The van der Waals surface area contributed by atoms with Crippen LogP contribution >= 0.6 is 0 Å². The lowest BCUT2D eigenvalue weighted by Crippen LogP contribution is -2.35. The quantitative estimate of drug-likeness (QED) is 0.786. The van der Waals surface area contributed by atoms with Crippen LogP contribution < -0.4 is 5.32 Å². The average Bonchev–Trinajstić information content (AvgIpc) is 3.07. The van der Waals surface area contributed by atoms with Crippen LogP contribution in [0.15, 0.2) is 48.8 Å². The predicted octanol–water partition coefficient (Wildman–Crippen LogP) is 1.81. The molecule has 0 radical (unpaired) electrons. The molecule has 0 aliphatic carbocycles. The van der Waals surface area contributed by atoms with Crippen LogP contribution in [-0.4, -0.2) is 51.7 Å². The first kappa shape index (κ1) is 15.7. The fourth-order valence-corrected chi connectivity index (χ4v) is 2.90. The van der Waals surface area contributed by atoms with E-state index in [-0.39, 0.29) is 5.91 Å². The van der Waals surface area contributed by atoms with E-state index in [0.29, 0.717) is 11.3 Å². The Labute approximate surface area is 145 Å². The molecule has 1 aliphatic heterocycles. The smallest absolute Gasteiger partial charge is 0.276 e. The van der Waals surface area contributed by atoms with Gasteiger partial charge in [-0.2, -0.15) is 5.10 Å². The van der Waals surface area contributed by atoms with Crippen molar-refractivity contribution in [1.29, 1.82) is 0 Å². The number of nitrogens with zero attached hydrogens (tertiary/aromatic N) is 4. The van der Waals surface area contributed by atoms with Gasteiger partial charge in [0.2, 0.25) is 0 Å². The first-order valence-corrected chi connectivity index (χ1v) is 8.29. The molecule has 0 spiro atoms. The standard InChI is InChI=1S/C18H19N5O2/c24-18(16-12-17-19-5-2-6-23(17)21-16)20-15-4-1-3-14(11-15)13-22-7-9-25-10-8-22/h1-6,11-12H,7-10,13H2,(H,20,24). The van der Waals surface area contributed by atoms with E-state index in [2.05, 4.69) is 26.4 Å². The van der Waals surface area contributed by atoms with Crippen LogP contribution in [-0.2, 0) is 11.3 Å². The normalized spacial score (nSPS) is 15.4. The van der Waals surface area contributed by atoms with Crippen LogP contribution in [0.4, 0.5) is 5.69 Å². The van der Waals surface area contributed by atoms with Crippen molar-refractivity contribution in [3.05, 3.63) is 60.0 Å². The van der Waals surface area contributed by atoms with Crippen LogP contribution in [0.25, 0.3) is 5.65 Å². The number of nitrogens with one attached hydrogen (secondary N) is 1. The second-order valence-corrected chi connectivity index (χ2v) is 6.00. The average molecular weight is 337 g/mol. The van der Waals surface area contributed by atoms with Crippen molar-refractivity contribution < 1.29 is 9.53 Å². The number of aromatic nitrogens is 3. The molecule has 25 heavy (non-hydrogen) atoms. The molecule has 0 saturated carbocycles. The van der Waals surface area contributed by atoms with Crippen LogP contribution in [0.1, 0.15) is 16.1 Å². The molecular formula is C18H19N5O2. The number of fused-ring (bicyclic) bond motifs is 1. The topological polar surface area (TPSA) is 71.8 Å². The molecule has 0 atom stereocenters. The van der Waals surface area contributed by atoms with Gasteiger partial charge in [-0.15, -0.1) is 0 Å². The van der Waals surface area contributed by atoms with Crippen molar-refractivity contribution in [2.24, 2.45) is 0 Å². The zero-order valence-corrected chi connectivity index (χ0v) is 13.8. The Bertz CT molecular complexity index is 853. The molecule has 1 aromatic carbocycles. The summed E-state index contributed by atoms with van der Waals surface area (Å²) in [5.41, 5.74) is 2.92. The monoisotopic (exact) mass is 337 g/mol. The van der Waals surface area contributed by atoms with E-state index in [9.17, 15) is 4.79 Å². The molecular weight excluding hydrogens is 318 g/mol. The van der Waals surface area contributed by atoms with Gasteiger partial charge < -0.3 is 10.1 Å². The Morgan fingerprint density at radius 1 is 1.20 bits per heavy atom. The van der Waals surface area contributed by atoms with E-state index >= 15 is 0 Å². The van der Waals surface area contributed by atoms with Crippen molar-refractivity contribution in [1.82, 2.24) is 19.5 Å². The lowest BCUT2D eigenvalue weighted by Gasteiger charge is -2.26. The van der Waals surface area contributed by atoms with Crippen molar-refractivity contribution in [2.45, 2.75) is 6.54 Å². The Hall–Kier alpha value is -2.77. The summed E-state index contributed by atoms with van der Waals surface area (Å²) in [6.45, 7) is 4.28. The predicted molar refractivity (Wildman–Crippen MR) is 93.5 cm³/mol. The van der Waals surface area contributed by atoms with Gasteiger partial charge >= 0.3 is 0 Å². The number of carbonyl (C=O) groups is 1. The Morgan fingerprint density at radius 3 is 2.92 bits per heavy atom. The summed E-state index contributed by atoms with van der Waals surface area (Å²) in [7, 11) is 0. The fraction of sp³-hybridized carbons (Fsp3) is 0.278. The Balaban J connectivity index is 1.46. The summed E-state index contributed by atoms with van der Waals surface area (Å²) in [4.78, 5) is 19.0. The maximum Gasteiger partial charge on any atom is 0.276 e. The molecule has 1 aliphatic rings. The molecule has 7 heteroatoms. The maximum absolute atomic E-state index is 12.4. The maximum atomic E-state index is 12.4. The Kier molecular flexibility index (Phi) is 4.41. The first-order chi connectivity index (χ1) is 12.3. The zero-order chi connectivity index (χ0) is 17.1. The van der Waals surface area contributed by atoms with Gasteiger partial charge in [0.1, 0.15) is 0 Å². The lowest BCUT2D eigenvalue weighted by molar-refractivity contribution is 0.0342. The third-order valence-corrected chi connectivity index (χ3v) is 4.16. The number of benzene rings is 1. The minimum atomic E-state index is -0.242. The number of amides is 1. The van der Waals surface area contributed by atoms with Gasteiger partial charge in [-0.05, 0) is 23.8 Å². The minimum Gasteiger partial charge on any atom is -0.379 e. The third-order valence-electron chi connectivity index (χ3n) is 4.16. The van der Waals surface area contributed by atoms with Crippen molar-refractivity contribution in [3.8, 4) is 0 Å². The zero-order valence-electron chi connectivity index (χ0n) is 13.8. The van der Waals surface area contributed by atoms with Crippen LogP contribution in [0.5, 0.6) is 0 Å². The summed E-state index contributed by atoms with van der Waals surface area (Å²) in [6, 6.07) is 11.4. The van der Waals surface area contributed by atoms with Gasteiger partial charge in [0.15, 0.2) is 11.3 Å². The molecule has 1 amide bonds. The highest BCUT2D eigenvalue weighted by Gasteiger charge is 2.13. The van der Waals surface area contributed by atoms with E-state index in [1.54, 1.807) is 29.0 Å². The molecule has 1 saturated heterocycles. The lowest BCUT2D eigenvalue weighted by atomic mass is 10.1. The van der Waals surface area contributed by atoms with E-state index in [4.69, 9.17) is 4.74 Å². The summed E-state index contributed by atoms with van der Waals surface area (Å²) in [5, 5.41) is 7.16. The number of hydrogen-bond acceptors (Lipinski definition) is 5. The number of ether oxygens (including phenoxy) is 1. The fourth-order valence-electron chi connectivity index (χ4n) is 2.90. The molecule has 7 nitrogen and oxygen atoms in total. The summed E-state index contributed by atoms with van der Waals surface area (Å²) < 4.78 is 6.96. The highest BCUT2D eigenvalue weighted by atomic mass is 16.5. The van der Waals surface area contributed by atoms with Gasteiger partial charge in [0, 0.05) is 43.8 Å². The van der Waals surface area contributed by atoms with Crippen molar-refractivity contribution in [2.75, 3.05) is 31.6 Å². The van der Waals surface area contributed by atoms with Crippen LogP contribution in [0.2, 0.25) is 0 Å². The van der Waals surface area contributed by atoms with Crippen LogP contribution in [0, 0.1) is 0 Å². The first-order valence-electron chi connectivity index (χ1n) is 8.29. The van der Waals surface area contributed by atoms with Gasteiger partial charge in [-0.1, -0.05) is 12.1 Å². The van der Waals surface area contributed by atoms with Gasteiger partial charge in [-0.3, -0.25) is 9.69 Å². The van der Waals surface area contributed by atoms with Gasteiger partial charge in [-0.25, -0.2) is 9.50 Å².